The van der Waals surface area contributed by atoms with E-state index in [1.807, 2.05) is 18.3 Å². The summed E-state index contributed by atoms with van der Waals surface area (Å²) in [7, 11) is 0. The maximum Gasteiger partial charge on any atom is 0.0453 e. The summed E-state index contributed by atoms with van der Waals surface area (Å²) in [4.78, 5) is 3.12. The first-order chi connectivity index (χ1) is 4.47. The summed E-state index contributed by atoms with van der Waals surface area (Å²) in [5.74, 6) is 0. The minimum absolute atomic E-state index is 1.21. The molecule has 0 amide bonds. The minimum atomic E-state index is 1.21. The Balaban J connectivity index is 2.95. The van der Waals surface area contributed by atoms with Crippen LogP contribution in [-0.2, 0) is 0 Å². The molecule has 0 saturated heterocycles. The summed E-state index contributed by atoms with van der Waals surface area (Å²) in [5.41, 5.74) is 1.21. The van der Waals surface area contributed by atoms with Gasteiger partial charge in [-0.05, 0) is 17.5 Å². The first kappa shape index (κ1) is 4.62. The van der Waals surface area contributed by atoms with Gasteiger partial charge in [0.25, 0.3) is 0 Å². The molecule has 1 N–H and O–H groups in total. The van der Waals surface area contributed by atoms with Gasteiger partial charge in [-0.2, -0.15) is 0 Å². The highest BCUT2D eigenvalue weighted by atomic mass is 15.4. The van der Waals surface area contributed by atoms with Gasteiger partial charge in [0.1, 0.15) is 0 Å². The van der Waals surface area contributed by atoms with Gasteiger partial charge in [0.05, 0.1) is 0 Å². The van der Waals surface area contributed by atoms with Crippen molar-refractivity contribution in [2.75, 3.05) is 0 Å². The van der Waals surface area contributed by atoms with Crippen LogP contribution in [0.3, 0.4) is 0 Å². The lowest BCUT2D eigenvalue weighted by molar-refractivity contribution is 1.48. The number of aromatic nitrogens is 1. The lowest BCUT2D eigenvalue weighted by Crippen LogP contribution is -1.61. The Morgan fingerprint density at radius 3 is 2.78 bits per heavy atom. The molecule has 0 bridgehead atoms. The van der Waals surface area contributed by atoms with Crippen LogP contribution in [0.1, 0.15) is 0 Å². The summed E-state index contributed by atoms with van der Waals surface area (Å²) in [6, 6.07) is 10.3. The molecule has 44 valence electrons. The molecule has 1 nitrogen and oxygen atoms in total. The van der Waals surface area contributed by atoms with Gasteiger partial charge < -0.3 is 4.98 Å². The average molecular weight is 118 g/mol. The van der Waals surface area contributed by atoms with E-state index < -0.39 is 0 Å². The zero-order valence-electron chi connectivity index (χ0n) is 4.96. The Bertz CT molecular complexity index is 279. The van der Waals surface area contributed by atoms with Gasteiger partial charge in [-0.15, -0.1) is 0 Å². The van der Waals surface area contributed by atoms with Crippen molar-refractivity contribution < 1.29 is 0 Å². The van der Waals surface area contributed by atoms with Crippen LogP contribution in [-0.4, -0.2) is 4.98 Å². The fourth-order valence-corrected chi connectivity index (χ4v) is 0.995. The molecule has 0 unspecified atom stereocenters. The summed E-state index contributed by atoms with van der Waals surface area (Å²) in [6.45, 7) is 0. The predicted octanol–water partition coefficient (Wildman–Crippen LogP) is 2.17. The monoisotopic (exact) mass is 118 g/mol. The highest BCUT2D eigenvalue weighted by molar-refractivity contribution is 5.78. The average Bonchev–Trinajstić information content (AvgIpc) is 2.33. The molecule has 1 aromatic heterocycles. The molecule has 1 heterocycles. The summed E-state index contributed by atoms with van der Waals surface area (Å²) < 4.78 is 0. The van der Waals surface area contributed by atoms with Crippen molar-refractivity contribution in [1.29, 1.82) is 0 Å². The molecule has 9 heavy (non-hydrogen) atoms. The molecule has 1 aromatic carbocycles. The molecule has 0 aliphatic carbocycles. The fourth-order valence-electron chi connectivity index (χ4n) is 0.995. The normalized spacial score (nSPS) is 10.2. The first-order valence-electron chi connectivity index (χ1n) is 2.99. The Kier molecular flexibility index (Phi) is 0.833. The molecular formula is C8H7N. The third kappa shape index (κ3) is 0.617. The van der Waals surface area contributed by atoms with Crippen LogP contribution in [0.2, 0.25) is 0 Å². The zero-order chi connectivity index (χ0) is 6.10. The molecule has 0 atom stereocenters. The number of H-pyrrole nitrogens is 1. The summed E-state index contributed by atoms with van der Waals surface area (Å²) in [6.07, 6.45) is 1.95. The quantitative estimate of drug-likeness (QED) is 0.545. The van der Waals surface area contributed by atoms with E-state index in [4.69, 9.17) is 0 Å². The molecule has 0 fully saturated rings. The topological polar surface area (TPSA) is 15.8 Å². The van der Waals surface area contributed by atoms with Crippen molar-refractivity contribution in [3.8, 4) is 0 Å². The van der Waals surface area contributed by atoms with Crippen molar-refractivity contribution in [1.82, 2.24) is 4.98 Å². The number of benzene rings is 1. The maximum atomic E-state index is 3.12. The van der Waals surface area contributed by atoms with E-state index in [0.717, 1.165) is 0 Å². The first-order valence-corrected chi connectivity index (χ1v) is 2.99. The van der Waals surface area contributed by atoms with E-state index >= 15 is 0 Å². The van der Waals surface area contributed by atoms with Crippen molar-refractivity contribution in [2.24, 2.45) is 0 Å². The van der Waals surface area contributed by atoms with E-state index in [1.54, 1.807) is 0 Å². The lowest BCUT2D eigenvalue weighted by Gasteiger charge is -1.83. The molecule has 0 aliphatic rings. The number of hydrogen-bond donors (Lipinski definition) is 1. The second-order valence-electron chi connectivity index (χ2n) is 2.06. The van der Waals surface area contributed by atoms with Gasteiger partial charge >= 0.3 is 0 Å². The Hall–Kier alpha value is -1.24. The smallest absolute Gasteiger partial charge is 0.0453 e. The number of fused-ring (bicyclic) bond motifs is 1. The van der Waals surface area contributed by atoms with Crippen molar-refractivity contribution in [2.45, 2.75) is 0 Å². The van der Waals surface area contributed by atoms with Gasteiger partial charge in [-0.25, -0.2) is 0 Å². The van der Waals surface area contributed by atoms with Crippen LogP contribution in [0.25, 0.3) is 10.9 Å². The molecule has 0 saturated carbocycles. The van der Waals surface area contributed by atoms with Crippen LogP contribution in [0.4, 0.5) is 0 Å². The highest BCUT2D eigenvalue weighted by Gasteiger charge is 1.86. The second-order valence-corrected chi connectivity index (χ2v) is 2.06. The molecule has 0 radical (unpaired) electrons. The summed E-state index contributed by atoms with van der Waals surface area (Å²) >= 11 is 0. The number of para-hydroxylation sites is 1. The van der Waals surface area contributed by atoms with Crippen LogP contribution < -0.4 is 0 Å². The van der Waals surface area contributed by atoms with Gasteiger partial charge in [-0.3, -0.25) is 0 Å². The van der Waals surface area contributed by atoms with Crippen molar-refractivity contribution >= 4 is 10.9 Å². The summed E-state index contributed by atoms with van der Waals surface area (Å²) in [5, 5.41) is 1.28. The third-order valence-electron chi connectivity index (χ3n) is 1.46. The lowest BCUT2D eigenvalue weighted by atomic mass is 10.3. The Labute approximate surface area is 53.3 Å². The van der Waals surface area contributed by atoms with E-state index in [9.17, 15) is 0 Å². The van der Waals surface area contributed by atoms with E-state index in [-0.39, 0.29) is 0 Å². The number of nitrogens with one attached hydrogen (secondary N) is 1. The maximum absolute atomic E-state index is 3.12. The largest absolute Gasteiger partial charge is 0.361 e. The van der Waals surface area contributed by atoms with Crippen molar-refractivity contribution in [3.63, 3.8) is 0 Å². The van der Waals surface area contributed by atoms with Gasteiger partial charge in [-0.1, -0.05) is 18.2 Å². The van der Waals surface area contributed by atoms with Crippen LogP contribution in [0.5, 0.6) is 0 Å². The number of hydrogen-bond acceptors (Lipinski definition) is 0. The van der Waals surface area contributed by atoms with E-state index in [2.05, 4.69) is 23.2 Å². The minimum Gasteiger partial charge on any atom is -0.361 e. The van der Waals surface area contributed by atoms with Crippen molar-refractivity contribution in [3.05, 3.63) is 36.5 Å². The standard InChI is InChI=1S/C8H7N/c1-2-4-8-7(3-1)5-6-9-8/h1-6,9H/i9+1. The molecule has 2 aromatic rings. The zero-order valence-corrected chi connectivity index (χ0v) is 4.96. The third-order valence-corrected chi connectivity index (χ3v) is 1.46. The number of rotatable bonds is 0. The Morgan fingerprint density at radius 1 is 1.00 bits per heavy atom. The van der Waals surface area contributed by atoms with Gasteiger partial charge in [0.15, 0.2) is 0 Å². The molecular weight excluding hydrogens is 111 g/mol. The van der Waals surface area contributed by atoms with Crippen LogP contribution >= 0.6 is 0 Å². The van der Waals surface area contributed by atoms with E-state index in [0.29, 0.717) is 0 Å². The molecule has 0 spiro atoms. The number of aromatic amines is 1. The Morgan fingerprint density at radius 2 is 1.89 bits per heavy atom. The SMILES string of the molecule is c1ccc2[15nH]ccc2c1. The van der Waals surface area contributed by atoms with Crippen LogP contribution in [0.15, 0.2) is 36.5 Å². The van der Waals surface area contributed by atoms with E-state index in [1.165, 1.54) is 10.9 Å². The van der Waals surface area contributed by atoms with Gasteiger partial charge in [0, 0.05) is 11.7 Å². The van der Waals surface area contributed by atoms with Gasteiger partial charge in [0.2, 0.25) is 0 Å². The van der Waals surface area contributed by atoms with Crippen LogP contribution in [0, 0.1) is 0 Å². The highest BCUT2D eigenvalue weighted by Crippen LogP contribution is 2.09. The molecule has 2 rings (SSSR count). The fraction of sp³-hybridized carbons (Fsp3) is 0. The molecule has 0 aliphatic heterocycles. The second kappa shape index (κ2) is 1.62. The molecule has 1 heteroatoms. The predicted molar refractivity (Wildman–Crippen MR) is 38.3 cm³/mol.